The number of nitrogens with one attached hydrogen (secondary N) is 1. The number of methoxy groups -OCH3 is 2. The van der Waals surface area contributed by atoms with E-state index in [4.69, 9.17) is 20.6 Å². The summed E-state index contributed by atoms with van der Waals surface area (Å²) < 4.78 is 10.2. The molecule has 0 aliphatic heterocycles. The van der Waals surface area contributed by atoms with Crippen LogP contribution in [-0.4, -0.2) is 56.3 Å². The summed E-state index contributed by atoms with van der Waals surface area (Å²) in [7, 11) is 3.34. The van der Waals surface area contributed by atoms with Gasteiger partial charge in [0.25, 0.3) is 0 Å². The lowest BCUT2D eigenvalue weighted by Crippen LogP contribution is -2.31. The third kappa shape index (κ3) is 5.10. The van der Waals surface area contributed by atoms with Crippen LogP contribution >= 0.6 is 0 Å². The Kier molecular flexibility index (Phi) is 6.89. The highest BCUT2D eigenvalue weighted by Crippen LogP contribution is 2.11. The average molecular weight is 281 g/mol. The van der Waals surface area contributed by atoms with Gasteiger partial charge in [-0.3, -0.25) is 5.41 Å². The molecule has 1 heterocycles. The van der Waals surface area contributed by atoms with Gasteiger partial charge in [0.15, 0.2) is 0 Å². The molecule has 0 fully saturated rings. The van der Waals surface area contributed by atoms with Gasteiger partial charge in [-0.15, -0.1) is 0 Å². The molecule has 0 unspecified atom stereocenters. The van der Waals surface area contributed by atoms with Crippen LogP contribution in [0.4, 0.5) is 5.95 Å². The summed E-state index contributed by atoms with van der Waals surface area (Å²) in [5.41, 5.74) is 6.74. The van der Waals surface area contributed by atoms with Crippen molar-refractivity contribution in [3.8, 4) is 0 Å². The number of nitrogens with two attached hydrogens (primary N) is 1. The number of anilines is 1. The Morgan fingerprint density at radius 2 is 1.95 bits per heavy atom. The molecule has 0 bridgehead atoms. The molecule has 0 amide bonds. The lowest BCUT2D eigenvalue weighted by atomic mass is 10.3. The molecule has 1 rings (SSSR count). The zero-order valence-corrected chi connectivity index (χ0v) is 12.3. The minimum Gasteiger partial charge on any atom is -0.385 e. The molecule has 20 heavy (non-hydrogen) atoms. The van der Waals surface area contributed by atoms with Crippen LogP contribution in [0, 0.1) is 12.3 Å². The standard InChI is InChI=1S/C13H23N5O2/c1-10-9-11(12(14)15)17-13(16-10)18(6-8-20-3)5-4-7-19-2/h9H,4-8H2,1-3H3,(H3,14,15). The van der Waals surface area contributed by atoms with Crippen LogP contribution in [0.1, 0.15) is 17.8 Å². The zero-order chi connectivity index (χ0) is 15.0. The molecular formula is C13H23N5O2. The monoisotopic (exact) mass is 281 g/mol. The maximum absolute atomic E-state index is 7.50. The van der Waals surface area contributed by atoms with Crippen LogP contribution in [-0.2, 0) is 9.47 Å². The molecular weight excluding hydrogens is 258 g/mol. The fraction of sp³-hybridized carbons (Fsp3) is 0.615. The molecule has 112 valence electrons. The molecule has 0 atom stereocenters. The number of hydrogen-bond donors (Lipinski definition) is 2. The lowest BCUT2D eigenvalue weighted by molar-refractivity contribution is 0.190. The first-order valence-electron chi connectivity index (χ1n) is 6.51. The highest BCUT2D eigenvalue weighted by molar-refractivity contribution is 5.93. The van der Waals surface area contributed by atoms with Gasteiger partial charge in [0, 0.05) is 39.6 Å². The molecule has 7 heteroatoms. The quantitative estimate of drug-likeness (QED) is 0.390. The maximum Gasteiger partial charge on any atom is 0.226 e. The van der Waals surface area contributed by atoms with Crippen molar-refractivity contribution in [2.24, 2.45) is 5.73 Å². The van der Waals surface area contributed by atoms with Crippen molar-refractivity contribution in [1.29, 1.82) is 5.41 Å². The number of nitrogen functional groups attached to an aromatic ring is 1. The van der Waals surface area contributed by atoms with E-state index in [2.05, 4.69) is 9.97 Å². The first kappa shape index (κ1) is 16.3. The number of rotatable bonds is 9. The molecule has 0 aliphatic carbocycles. The Bertz CT molecular complexity index is 439. The first-order chi connectivity index (χ1) is 9.58. The summed E-state index contributed by atoms with van der Waals surface area (Å²) in [6, 6.07) is 1.70. The zero-order valence-electron chi connectivity index (χ0n) is 12.3. The minimum atomic E-state index is -0.0552. The number of aryl methyl sites for hydroxylation is 1. The van der Waals surface area contributed by atoms with E-state index in [0.717, 1.165) is 18.7 Å². The highest BCUT2D eigenvalue weighted by Gasteiger charge is 2.12. The van der Waals surface area contributed by atoms with E-state index >= 15 is 0 Å². The molecule has 0 saturated carbocycles. The summed E-state index contributed by atoms with van der Waals surface area (Å²) in [4.78, 5) is 10.8. The molecule has 3 N–H and O–H groups in total. The van der Waals surface area contributed by atoms with Crippen LogP contribution < -0.4 is 10.6 Å². The van der Waals surface area contributed by atoms with E-state index in [1.807, 2.05) is 11.8 Å². The third-order valence-electron chi connectivity index (χ3n) is 2.74. The highest BCUT2D eigenvalue weighted by atomic mass is 16.5. The topological polar surface area (TPSA) is 97.4 Å². The van der Waals surface area contributed by atoms with E-state index in [0.29, 0.717) is 31.4 Å². The molecule has 7 nitrogen and oxygen atoms in total. The van der Waals surface area contributed by atoms with Crippen LogP contribution in [0.2, 0.25) is 0 Å². The molecule has 0 radical (unpaired) electrons. The SMILES string of the molecule is COCCCN(CCOC)c1nc(C)cc(C(=N)N)n1. The largest absolute Gasteiger partial charge is 0.385 e. The van der Waals surface area contributed by atoms with Crippen LogP contribution in [0.25, 0.3) is 0 Å². The summed E-state index contributed by atoms with van der Waals surface area (Å²) in [6.45, 7) is 4.56. The molecule has 1 aromatic rings. The van der Waals surface area contributed by atoms with Gasteiger partial charge in [-0.1, -0.05) is 0 Å². The predicted molar refractivity (Wildman–Crippen MR) is 78.4 cm³/mol. The third-order valence-corrected chi connectivity index (χ3v) is 2.74. The number of nitrogens with zero attached hydrogens (tertiary/aromatic N) is 3. The average Bonchev–Trinajstić information content (AvgIpc) is 2.42. The van der Waals surface area contributed by atoms with Crippen molar-refractivity contribution in [1.82, 2.24) is 9.97 Å². The van der Waals surface area contributed by atoms with Crippen LogP contribution in [0.5, 0.6) is 0 Å². The molecule has 0 spiro atoms. The van der Waals surface area contributed by atoms with Crippen LogP contribution in [0.15, 0.2) is 6.07 Å². The van der Waals surface area contributed by atoms with Crippen molar-refractivity contribution < 1.29 is 9.47 Å². The number of amidine groups is 1. The second-order valence-electron chi connectivity index (χ2n) is 4.43. The number of aromatic nitrogens is 2. The van der Waals surface area contributed by atoms with E-state index in [-0.39, 0.29) is 5.84 Å². The lowest BCUT2D eigenvalue weighted by Gasteiger charge is -2.22. The van der Waals surface area contributed by atoms with Gasteiger partial charge in [-0.2, -0.15) is 0 Å². The van der Waals surface area contributed by atoms with E-state index in [9.17, 15) is 0 Å². The van der Waals surface area contributed by atoms with E-state index in [1.165, 1.54) is 0 Å². The number of hydrogen-bond acceptors (Lipinski definition) is 6. The van der Waals surface area contributed by atoms with E-state index in [1.54, 1.807) is 20.3 Å². The Labute approximate surface area is 119 Å². The van der Waals surface area contributed by atoms with E-state index < -0.39 is 0 Å². The van der Waals surface area contributed by atoms with Crippen molar-refractivity contribution in [3.63, 3.8) is 0 Å². The van der Waals surface area contributed by atoms with Gasteiger partial charge in [-0.05, 0) is 19.4 Å². The second-order valence-corrected chi connectivity index (χ2v) is 4.43. The normalized spacial score (nSPS) is 10.6. The summed E-state index contributed by atoms with van der Waals surface area (Å²) >= 11 is 0. The summed E-state index contributed by atoms with van der Waals surface area (Å²) in [5.74, 6) is 0.517. The second kappa shape index (κ2) is 8.44. The predicted octanol–water partition coefficient (Wildman–Crippen LogP) is 0.558. The van der Waals surface area contributed by atoms with Crippen LogP contribution in [0.3, 0.4) is 0 Å². The maximum atomic E-state index is 7.50. The summed E-state index contributed by atoms with van der Waals surface area (Å²) in [5, 5.41) is 7.50. The van der Waals surface area contributed by atoms with Gasteiger partial charge in [-0.25, -0.2) is 9.97 Å². The summed E-state index contributed by atoms with van der Waals surface area (Å²) in [6.07, 6.45) is 0.868. The van der Waals surface area contributed by atoms with Gasteiger partial charge in [0.1, 0.15) is 11.5 Å². The Hall–Kier alpha value is -1.73. The molecule has 0 aromatic carbocycles. The molecule has 1 aromatic heterocycles. The molecule has 0 saturated heterocycles. The minimum absolute atomic E-state index is 0.0552. The first-order valence-corrected chi connectivity index (χ1v) is 6.51. The van der Waals surface area contributed by atoms with Crippen molar-refractivity contribution in [2.75, 3.05) is 45.4 Å². The van der Waals surface area contributed by atoms with Gasteiger partial charge >= 0.3 is 0 Å². The Morgan fingerprint density at radius 3 is 2.55 bits per heavy atom. The molecule has 0 aliphatic rings. The number of ether oxygens (including phenoxy) is 2. The van der Waals surface area contributed by atoms with Crippen molar-refractivity contribution in [3.05, 3.63) is 17.5 Å². The fourth-order valence-corrected chi connectivity index (χ4v) is 1.75. The van der Waals surface area contributed by atoms with Gasteiger partial charge in [0.2, 0.25) is 5.95 Å². The van der Waals surface area contributed by atoms with Crippen molar-refractivity contribution in [2.45, 2.75) is 13.3 Å². The smallest absolute Gasteiger partial charge is 0.226 e. The Balaban J connectivity index is 2.90. The van der Waals surface area contributed by atoms with Crippen molar-refractivity contribution >= 4 is 11.8 Å². The van der Waals surface area contributed by atoms with Gasteiger partial charge < -0.3 is 20.1 Å². The fourth-order valence-electron chi connectivity index (χ4n) is 1.75. The Morgan fingerprint density at radius 1 is 1.25 bits per heavy atom. The van der Waals surface area contributed by atoms with Gasteiger partial charge in [0.05, 0.1) is 6.61 Å².